The Bertz CT molecular complexity index is 1120. The van der Waals surface area contributed by atoms with Crippen molar-refractivity contribution in [1.29, 1.82) is 0 Å². The Balaban J connectivity index is 1.77. The van der Waals surface area contributed by atoms with Gasteiger partial charge in [0, 0.05) is 38.5 Å². The predicted molar refractivity (Wildman–Crippen MR) is 128 cm³/mol. The van der Waals surface area contributed by atoms with E-state index in [0.29, 0.717) is 19.5 Å². The number of nitrogens with zero attached hydrogens (tertiary/aromatic N) is 6. The minimum Gasteiger partial charge on any atom is -0.352 e. The average molecular weight is 453 g/mol. The van der Waals surface area contributed by atoms with Crippen LogP contribution in [0.25, 0.3) is 16.7 Å². The number of aromatic nitrogens is 4. The molecule has 3 aromatic rings. The van der Waals surface area contributed by atoms with Crippen LogP contribution in [0.15, 0.2) is 24.3 Å². The van der Waals surface area contributed by atoms with Crippen molar-refractivity contribution < 1.29 is 9.18 Å². The molecule has 1 saturated heterocycles. The van der Waals surface area contributed by atoms with Crippen LogP contribution in [-0.2, 0) is 4.79 Å². The minimum absolute atomic E-state index is 0.211. The van der Waals surface area contributed by atoms with Gasteiger partial charge in [0.1, 0.15) is 17.5 Å². The van der Waals surface area contributed by atoms with Gasteiger partial charge < -0.3 is 9.80 Å². The van der Waals surface area contributed by atoms with Gasteiger partial charge in [-0.3, -0.25) is 4.79 Å². The van der Waals surface area contributed by atoms with Crippen LogP contribution in [-0.4, -0.2) is 56.7 Å². The Morgan fingerprint density at radius 1 is 1.06 bits per heavy atom. The van der Waals surface area contributed by atoms with Gasteiger partial charge in [0.05, 0.1) is 16.8 Å². The summed E-state index contributed by atoms with van der Waals surface area (Å²) in [6.45, 7) is 11.1. The third kappa shape index (κ3) is 4.70. The number of benzene rings is 1. The van der Waals surface area contributed by atoms with Crippen LogP contribution in [0, 0.1) is 12.7 Å². The standard InChI is InChI=1S/C25H33FN6O/c1-5-7-17(3)23-27-24(31-15-13-30(14-16-31)21(33)8-6-2)22-18(4)29-32(25(22)28-23)20-11-9-19(26)10-12-20/h9-12,17H,5-8,13-16H2,1-4H3. The SMILES string of the molecule is CCCC(=O)N1CCN(c2nc(C(C)CCC)nc3c2c(C)nn3-c2ccc(F)cc2)CC1. The number of aryl methyl sites for hydroxylation is 1. The van der Waals surface area contributed by atoms with Gasteiger partial charge in [0.2, 0.25) is 5.91 Å². The number of amides is 1. The topological polar surface area (TPSA) is 67.2 Å². The summed E-state index contributed by atoms with van der Waals surface area (Å²) in [5.41, 5.74) is 2.35. The van der Waals surface area contributed by atoms with E-state index in [-0.39, 0.29) is 17.6 Å². The molecule has 1 fully saturated rings. The molecule has 3 heterocycles. The molecule has 4 rings (SSSR count). The van der Waals surface area contributed by atoms with Gasteiger partial charge in [-0.05, 0) is 44.0 Å². The van der Waals surface area contributed by atoms with E-state index in [9.17, 15) is 9.18 Å². The van der Waals surface area contributed by atoms with Crippen molar-refractivity contribution in [1.82, 2.24) is 24.6 Å². The molecule has 1 unspecified atom stereocenters. The number of carbonyl (C=O) groups excluding carboxylic acids is 1. The van der Waals surface area contributed by atoms with Crippen molar-refractivity contribution in [3.8, 4) is 5.69 Å². The molecule has 1 aliphatic heterocycles. The van der Waals surface area contributed by atoms with Crippen LogP contribution >= 0.6 is 0 Å². The van der Waals surface area contributed by atoms with E-state index >= 15 is 0 Å². The highest BCUT2D eigenvalue weighted by Gasteiger charge is 2.27. The number of piperazine rings is 1. The van der Waals surface area contributed by atoms with Crippen LogP contribution in [0.4, 0.5) is 10.2 Å². The summed E-state index contributed by atoms with van der Waals surface area (Å²) in [4.78, 5) is 26.5. The maximum atomic E-state index is 13.5. The number of halogens is 1. The van der Waals surface area contributed by atoms with Gasteiger partial charge in [0.25, 0.3) is 0 Å². The van der Waals surface area contributed by atoms with Gasteiger partial charge in [-0.2, -0.15) is 5.10 Å². The van der Waals surface area contributed by atoms with Gasteiger partial charge in [-0.1, -0.05) is 27.2 Å². The molecule has 2 aromatic heterocycles. The first kappa shape index (κ1) is 23.1. The normalized spacial score (nSPS) is 15.3. The molecule has 0 bridgehead atoms. The second-order valence-electron chi connectivity index (χ2n) is 8.89. The van der Waals surface area contributed by atoms with Crippen LogP contribution in [0.5, 0.6) is 0 Å². The molecule has 176 valence electrons. The quantitative estimate of drug-likeness (QED) is 0.523. The second-order valence-corrected chi connectivity index (χ2v) is 8.89. The molecule has 1 atom stereocenters. The van der Waals surface area contributed by atoms with Crippen molar-refractivity contribution in [3.63, 3.8) is 0 Å². The zero-order chi connectivity index (χ0) is 23.5. The Morgan fingerprint density at radius 3 is 2.39 bits per heavy atom. The van der Waals surface area contributed by atoms with Crippen LogP contribution < -0.4 is 4.90 Å². The Hall–Kier alpha value is -3.03. The van der Waals surface area contributed by atoms with Crippen LogP contribution in [0.2, 0.25) is 0 Å². The van der Waals surface area contributed by atoms with E-state index in [1.807, 2.05) is 18.7 Å². The first-order valence-electron chi connectivity index (χ1n) is 12.0. The lowest BCUT2D eigenvalue weighted by Gasteiger charge is -2.36. The molecule has 0 radical (unpaired) electrons. The highest BCUT2D eigenvalue weighted by atomic mass is 19.1. The van der Waals surface area contributed by atoms with Crippen molar-refractivity contribution in [2.24, 2.45) is 0 Å². The zero-order valence-electron chi connectivity index (χ0n) is 20.0. The number of fused-ring (bicyclic) bond motifs is 1. The molecule has 0 saturated carbocycles. The minimum atomic E-state index is -0.282. The molecule has 7 nitrogen and oxygen atoms in total. The Labute approximate surface area is 194 Å². The Morgan fingerprint density at radius 2 is 1.76 bits per heavy atom. The lowest BCUT2D eigenvalue weighted by molar-refractivity contribution is -0.131. The second kappa shape index (κ2) is 9.85. The third-order valence-corrected chi connectivity index (χ3v) is 6.33. The van der Waals surface area contributed by atoms with E-state index in [0.717, 1.165) is 66.4 Å². The summed E-state index contributed by atoms with van der Waals surface area (Å²) in [5.74, 6) is 1.83. The average Bonchev–Trinajstić information content (AvgIpc) is 3.16. The monoisotopic (exact) mass is 452 g/mol. The fourth-order valence-electron chi connectivity index (χ4n) is 4.49. The summed E-state index contributed by atoms with van der Waals surface area (Å²) < 4.78 is 15.3. The van der Waals surface area contributed by atoms with E-state index in [2.05, 4.69) is 18.7 Å². The fraction of sp³-hybridized carbons (Fsp3) is 0.520. The van der Waals surface area contributed by atoms with Gasteiger partial charge in [-0.15, -0.1) is 0 Å². The molecule has 1 amide bonds. The van der Waals surface area contributed by atoms with Crippen molar-refractivity contribution in [2.45, 2.75) is 59.3 Å². The molecular weight excluding hydrogens is 419 g/mol. The largest absolute Gasteiger partial charge is 0.352 e. The molecule has 8 heteroatoms. The van der Waals surface area contributed by atoms with Gasteiger partial charge in [-0.25, -0.2) is 19.0 Å². The van der Waals surface area contributed by atoms with Gasteiger partial charge >= 0.3 is 0 Å². The number of hydrogen-bond donors (Lipinski definition) is 0. The summed E-state index contributed by atoms with van der Waals surface area (Å²) in [5, 5.41) is 5.68. The number of hydrogen-bond acceptors (Lipinski definition) is 5. The van der Waals surface area contributed by atoms with E-state index < -0.39 is 0 Å². The smallest absolute Gasteiger partial charge is 0.222 e. The molecule has 33 heavy (non-hydrogen) atoms. The Kier molecular flexibility index (Phi) is 6.91. The summed E-state index contributed by atoms with van der Waals surface area (Å²) >= 11 is 0. The fourth-order valence-corrected chi connectivity index (χ4v) is 4.49. The summed E-state index contributed by atoms with van der Waals surface area (Å²) in [6.07, 6.45) is 3.51. The van der Waals surface area contributed by atoms with Crippen molar-refractivity contribution in [3.05, 3.63) is 41.6 Å². The number of anilines is 1. The maximum Gasteiger partial charge on any atom is 0.222 e. The van der Waals surface area contributed by atoms with E-state index in [1.54, 1.807) is 16.8 Å². The highest BCUT2D eigenvalue weighted by molar-refractivity contribution is 5.91. The van der Waals surface area contributed by atoms with Crippen molar-refractivity contribution in [2.75, 3.05) is 31.1 Å². The molecule has 1 aliphatic rings. The lowest BCUT2D eigenvalue weighted by atomic mass is 10.1. The van der Waals surface area contributed by atoms with E-state index in [4.69, 9.17) is 15.1 Å². The maximum absolute atomic E-state index is 13.5. The van der Waals surface area contributed by atoms with Crippen LogP contribution in [0.3, 0.4) is 0 Å². The van der Waals surface area contributed by atoms with Gasteiger partial charge in [0.15, 0.2) is 5.65 Å². The van der Waals surface area contributed by atoms with Crippen molar-refractivity contribution >= 4 is 22.8 Å². The van der Waals surface area contributed by atoms with E-state index in [1.165, 1.54) is 12.1 Å². The lowest BCUT2D eigenvalue weighted by Crippen LogP contribution is -2.49. The molecule has 0 spiro atoms. The zero-order valence-corrected chi connectivity index (χ0v) is 20.0. The predicted octanol–water partition coefficient (Wildman–Crippen LogP) is 4.62. The van der Waals surface area contributed by atoms with Crippen LogP contribution in [0.1, 0.15) is 63.9 Å². The first-order chi connectivity index (χ1) is 15.9. The molecule has 0 N–H and O–H groups in total. The molecular formula is C25H33FN6O. The summed E-state index contributed by atoms with van der Waals surface area (Å²) in [6, 6.07) is 6.31. The first-order valence-corrected chi connectivity index (χ1v) is 12.0. The number of carbonyl (C=O) groups is 1. The molecule has 1 aromatic carbocycles. The number of rotatable bonds is 7. The third-order valence-electron chi connectivity index (χ3n) is 6.33. The molecule has 0 aliphatic carbocycles. The summed E-state index contributed by atoms with van der Waals surface area (Å²) in [7, 11) is 0. The highest BCUT2D eigenvalue weighted by Crippen LogP contribution is 2.32.